The molecule has 0 spiro atoms. The van der Waals surface area contributed by atoms with E-state index in [4.69, 9.17) is 0 Å². The second-order valence-electron chi connectivity index (χ2n) is 6.34. The Balaban J connectivity index is 1.69. The highest BCUT2D eigenvalue weighted by Crippen LogP contribution is 2.27. The van der Waals surface area contributed by atoms with Gasteiger partial charge in [-0.25, -0.2) is 0 Å². The Morgan fingerprint density at radius 3 is 2.77 bits per heavy atom. The molecule has 2 aromatic rings. The highest BCUT2D eigenvalue weighted by molar-refractivity contribution is 5.98. The number of aromatic nitrogens is 1. The first-order valence-electron chi connectivity index (χ1n) is 8.21. The van der Waals surface area contributed by atoms with Crippen molar-refractivity contribution in [1.82, 2.24) is 9.88 Å². The fourth-order valence-electron chi connectivity index (χ4n) is 3.35. The van der Waals surface area contributed by atoms with Gasteiger partial charge in [-0.2, -0.15) is 0 Å². The van der Waals surface area contributed by atoms with E-state index in [1.54, 1.807) is 0 Å². The van der Waals surface area contributed by atoms with E-state index in [1.807, 2.05) is 30.5 Å². The highest BCUT2D eigenvalue weighted by Gasteiger charge is 2.29. The van der Waals surface area contributed by atoms with Gasteiger partial charge in [0.1, 0.15) is 0 Å². The van der Waals surface area contributed by atoms with Crippen molar-refractivity contribution >= 4 is 16.8 Å². The fraction of sp³-hybridized carbons (Fsp3) is 0.500. The molecule has 0 bridgehead atoms. The molecule has 1 aromatic heterocycles. The van der Waals surface area contributed by atoms with Crippen LogP contribution in [0.2, 0.25) is 0 Å². The quantitative estimate of drug-likeness (QED) is 0.911. The van der Waals surface area contributed by atoms with E-state index in [2.05, 4.69) is 16.8 Å². The molecule has 1 fully saturated rings. The van der Waals surface area contributed by atoms with Gasteiger partial charge in [-0.3, -0.25) is 4.79 Å². The van der Waals surface area contributed by atoms with Crippen molar-refractivity contribution in [2.45, 2.75) is 51.2 Å². The monoisotopic (exact) mass is 300 g/mol. The molecule has 22 heavy (non-hydrogen) atoms. The van der Waals surface area contributed by atoms with E-state index in [-0.39, 0.29) is 5.91 Å². The maximum Gasteiger partial charge on any atom is 0.251 e. The molecular formula is C18H24N2O2. The van der Waals surface area contributed by atoms with E-state index < -0.39 is 5.60 Å². The van der Waals surface area contributed by atoms with Crippen LogP contribution in [0.5, 0.6) is 0 Å². The van der Waals surface area contributed by atoms with E-state index in [9.17, 15) is 9.90 Å². The number of fused-ring (bicyclic) bond motifs is 1. The minimum absolute atomic E-state index is 0.106. The van der Waals surface area contributed by atoms with E-state index in [0.717, 1.165) is 43.1 Å². The molecule has 1 heterocycles. The molecule has 1 aliphatic carbocycles. The van der Waals surface area contributed by atoms with Crippen LogP contribution in [0.15, 0.2) is 30.5 Å². The number of hydrogen-bond donors (Lipinski definition) is 2. The maximum absolute atomic E-state index is 12.3. The second kappa shape index (κ2) is 6.13. The number of nitrogens with one attached hydrogen (secondary N) is 1. The number of aryl methyl sites for hydroxylation is 1. The lowest BCUT2D eigenvalue weighted by molar-refractivity contribution is 0.00526. The summed E-state index contributed by atoms with van der Waals surface area (Å²) in [5.74, 6) is -0.106. The molecule has 4 heteroatoms. The molecule has 1 aromatic carbocycles. The Labute approximate surface area is 131 Å². The van der Waals surface area contributed by atoms with Crippen molar-refractivity contribution < 1.29 is 9.90 Å². The van der Waals surface area contributed by atoms with Crippen LogP contribution in [0.25, 0.3) is 10.9 Å². The third-order valence-corrected chi connectivity index (χ3v) is 4.74. The number of carbonyl (C=O) groups is 1. The molecule has 2 N–H and O–H groups in total. The highest BCUT2D eigenvalue weighted by atomic mass is 16.3. The molecule has 4 nitrogen and oxygen atoms in total. The molecule has 0 aliphatic heterocycles. The van der Waals surface area contributed by atoms with Crippen LogP contribution in [-0.2, 0) is 6.54 Å². The first-order valence-corrected chi connectivity index (χ1v) is 8.21. The van der Waals surface area contributed by atoms with Gasteiger partial charge >= 0.3 is 0 Å². The van der Waals surface area contributed by atoms with E-state index in [0.29, 0.717) is 12.1 Å². The Hall–Kier alpha value is -1.81. The summed E-state index contributed by atoms with van der Waals surface area (Å²) >= 11 is 0. The summed E-state index contributed by atoms with van der Waals surface area (Å²) in [5.41, 5.74) is 1.08. The molecule has 3 rings (SSSR count). The number of aliphatic hydroxyl groups is 1. The maximum atomic E-state index is 12.3. The SMILES string of the molecule is CCn1ccc2cc(C(=O)NCC3(O)CCCCC3)ccc21. The molecule has 0 unspecified atom stereocenters. The summed E-state index contributed by atoms with van der Waals surface area (Å²) in [4.78, 5) is 12.3. The lowest BCUT2D eigenvalue weighted by Crippen LogP contribution is -2.44. The lowest BCUT2D eigenvalue weighted by atomic mass is 9.85. The van der Waals surface area contributed by atoms with Gasteiger partial charge in [0.05, 0.1) is 5.60 Å². The van der Waals surface area contributed by atoms with E-state index in [1.165, 1.54) is 6.42 Å². The number of amides is 1. The van der Waals surface area contributed by atoms with Crippen LogP contribution in [0.3, 0.4) is 0 Å². The Bertz CT molecular complexity index is 669. The van der Waals surface area contributed by atoms with Crippen molar-refractivity contribution in [2.24, 2.45) is 0 Å². The van der Waals surface area contributed by atoms with Gasteiger partial charge in [-0.15, -0.1) is 0 Å². The summed E-state index contributed by atoms with van der Waals surface area (Å²) in [6, 6.07) is 7.80. The number of hydrogen-bond acceptors (Lipinski definition) is 2. The Morgan fingerprint density at radius 1 is 1.27 bits per heavy atom. The first-order chi connectivity index (χ1) is 10.6. The van der Waals surface area contributed by atoms with Gasteiger partial charge in [-0.05, 0) is 44.0 Å². The number of benzene rings is 1. The summed E-state index contributed by atoms with van der Waals surface area (Å²) in [7, 11) is 0. The zero-order valence-corrected chi connectivity index (χ0v) is 13.1. The van der Waals surface area contributed by atoms with Crippen molar-refractivity contribution in [3.63, 3.8) is 0 Å². The molecule has 1 aliphatic rings. The van der Waals surface area contributed by atoms with Gasteiger partial charge in [0.15, 0.2) is 0 Å². The molecule has 1 saturated carbocycles. The lowest BCUT2D eigenvalue weighted by Gasteiger charge is -2.32. The van der Waals surface area contributed by atoms with Crippen LogP contribution in [0.1, 0.15) is 49.4 Å². The number of rotatable bonds is 4. The molecule has 118 valence electrons. The van der Waals surface area contributed by atoms with Gasteiger partial charge in [0.2, 0.25) is 0 Å². The predicted molar refractivity (Wildman–Crippen MR) is 88.0 cm³/mol. The third-order valence-electron chi connectivity index (χ3n) is 4.74. The van der Waals surface area contributed by atoms with Gasteiger partial charge in [0, 0.05) is 35.8 Å². The number of nitrogens with zero attached hydrogens (tertiary/aromatic N) is 1. The molecule has 1 amide bonds. The topological polar surface area (TPSA) is 54.3 Å². The zero-order valence-electron chi connectivity index (χ0n) is 13.1. The average Bonchev–Trinajstić information content (AvgIpc) is 2.95. The smallest absolute Gasteiger partial charge is 0.251 e. The van der Waals surface area contributed by atoms with Gasteiger partial charge in [-0.1, -0.05) is 19.3 Å². The second-order valence-corrected chi connectivity index (χ2v) is 6.34. The zero-order chi connectivity index (χ0) is 15.6. The van der Waals surface area contributed by atoms with Crippen LogP contribution in [0, 0.1) is 0 Å². The fourth-order valence-corrected chi connectivity index (χ4v) is 3.35. The third kappa shape index (κ3) is 3.02. The summed E-state index contributed by atoms with van der Waals surface area (Å²) < 4.78 is 2.15. The first kappa shape index (κ1) is 15.1. The van der Waals surface area contributed by atoms with Crippen molar-refractivity contribution in [2.75, 3.05) is 6.54 Å². The van der Waals surface area contributed by atoms with Crippen LogP contribution in [0.4, 0.5) is 0 Å². The number of carbonyl (C=O) groups excluding carboxylic acids is 1. The van der Waals surface area contributed by atoms with Crippen LogP contribution in [-0.4, -0.2) is 27.7 Å². The summed E-state index contributed by atoms with van der Waals surface area (Å²) in [6.07, 6.45) is 6.88. The largest absolute Gasteiger partial charge is 0.388 e. The Kier molecular flexibility index (Phi) is 4.21. The average molecular weight is 300 g/mol. The molecule has 0 atom stereocenters. The summed E-state index contributed by atoms with van der Waals surface area (Å²) in [6.45, 7) is 3.37. The van der Waals surface area contributed by atoms with Crippen LogP contribution >= 0.6 is 0 Å². The predicted octanol–water partition coefficient (Wildman–Crippen LogP) is 3.09. The molecular weight excluding hydrogens is 276 g/mol. The van der Waals surface area contributed by atoms with Crippen molar-refractivity contribution in [1.29, 1.82) is 0 Å². The normalized spacial score (nSPS) is 17.5. The molecule has 0 radical (unpaired) electrons. The standard InChI is InChI=1S/C18H24N2O2/c1-2-20-11-8-14-12-15(6-7-16(14)20)17(21)19-13-18(22)9-4-3-5-10-18/h6-8,11-12,22H,2-5,9-10,13H2,1H3,(H,19,21). The van der Waals surface area contributed by atoms with Crippen LogP contribution < -0.4 is 5.32 Å². The van der Waals surface area contributed by atoms with Crippen molar-refractivity contribution in [3.8, 4) is 0 Å². The van der Waals surface area contributed by atoms with E-state index >= 15 is 0 Å². The van der Waals surface area contributed by atoms with Gasteiger partial charge < -0.3 is 15.0 Å². The van der Waals surface area contributed by atoms with Crippen molar-refractivity contribution in [3.05, 3.63) is 36.0 Å². The minimum Gasteiger partial charge on any atom is -0.388 e. The van der Waals surface area contributed by atoms with Gasteiger partial charge in [0.25, 0.3) is 5.91 Å². The minimum atomic E-state index is -0.719. The molecule has 0 saturated heterocycles. The Morgan fingerprint density at radius 2 is 2.05 bits per heavy atom. The summed E-state index contributed by atoms with van der Waals surface area (Å²) in [5, 5.41) is 14.4.